The molecule has 6 nitrogen and oxygen atoms in total. The summed E-state index contributed by atoms with van der Waals surface area (Å²) in [5, 5.41) is 3.59. The van der Waals surface area contributed by atoms with Crippen LogP contribution in [0.4, 0.5) is 17.1 Å². The number of nitrogens with zero attached hydrogens (tertiary/aromatic N) is 2. The number of hydrogen-bond donors (Lipinski definition) is 1. The van der Waals surface area contributed by atoms with Crippen LogP contribution >= 0.6 is 0 Å². The molecule has 2 aliphatic rings. The van der Waals surface area contributed by atoms with Crippen LogP contribution in [0, 0.1) is 5.41 Å². The molecule has 1 aliphatic heterocycles. The lowest BCUT2D eigenvalue weighted by atomic mass is 9.73. The molecule has 3 aromatic carbocycles. The van der Waals surface area contributed by atoms with Crippen LogP contribution < -0.4 is 19.9 Å². The average molecular weight is 524 g/mol. The molecule has 5 rings (SSSR count). The third kappa shape index (κ3) is 5.03. The number of amides is 1. The zero-order valence-corrected chi connectivity index (χ0v) is 23.5. The zero-order chi connectivity index (χ0) is 27.7. The van der Waals surface area contributed by atoms with Crippen molar-refractivity contribution in [3.05, 3.63) is 95.2 Å². The van der Waals surface area contributed by atoms with Crippen molar-refractivity contribution in [3.8, 4) is 5.75 Å². The molecule has 202 valence electrons. The number of benzene rings is 3. The number of Topliss-reactive ketones (excluding diaryl/α,β-unsaturated/α-hetero) is 1. The van der Waals surface area contributed by atoms with E-state index in [0.29, 0.717) is 23.3 Å². The van der Waals surface area contributed by atoms with E-state index >= 15 is 0 Å². The van der Waals surface area contributed by atoms with E-state index in [1.165, 1.54) is 0 Å². The van der Waals surface area contributed by atoms with E-state index in [9.17, 15) is 9.59 Å². The van der Waals surface area contributed by atoms with Crippen molar-refractivity contribution in [3.63, 3.8) is 0 Å². The Bertz CT molecular complexity index is 1400. The van der Waals surface area contributed by atoms with Crippen molar-refractivity contribution in [2.45, 2.75) is 46.6 Å². The fourth-order valence-corrected chi connectivity index (χ4v) is 5.85. The van der Waals surface area contributed by atoms with E-state index in [-0.39, 0.29) is 17.1 Å². The minimum absolute atomic E-state index is 0.0758. The van der Waals surface area contributed by atoms with Gasteiger partial charge in [0.1, 0.15) is 5.75 Å². The molecule has 0 unspecified atom stereocenters. The zero-order valence-electron chi connectivity index (χ0n) is 23.5. The van der Waals surface area contributed by atoms with Crippen LogP contribution in [-0.4, -0.2) is 31.9 Å². The largest absolute Gasteiger partial charge is 0.497 e. The van der Waals surface area contributed by atoms with Crippen molar-refractivity contribution in [1.82, 2.24) is 0 Å². The molecule has 1 heterocycles. The smallest absolute Gasteiger partial charge is 0.259 e. The first kappa shape index (κ1) is 26.5. The van der Waals surface area contributed by atoms with Gasteiger partial charge in [-0.05, 0) is 79.8 Å². The highest BCUT2D eigenvalue weighted by Gasteiger charge is 2.43. The summed E-state index contributed by atoms with van der Waals surface area (Å²) in [6.07, 6.45) is 1.16. The molecule has 0 saturated carbocycles. The standard InChI is InChI=1S/C33H37N3O3/c1-6-35(7-2)24-16-12-22(13-17-24)31-30-27(20-33(3,4)21-29(30)37)34-26-10-8-9-11-28(26)36(31)32(38)23-14-18-25(39-5)19-15-23/h8-19,31,34H,6-7,20-21H2,1-5H3/t31-/m0/s1. The van der Waals surface area contributed by atoms with E-state index in [2.05, 4.69) is 62.2 Å². The number of nitrogens with one attached hydrogen (secondary N) is 1. The topological polar surface area (TPSA) is 61.9 Å². The van der Waals surface area contributed by atoms with Crippen molar-refractivity contribution in [2.24, 2.45) is 5.41 Å². The quantitative estimate of drug-likeness (QED) is 0.377. The second-order valence-electron chi connectivity index (χ2n) is 11.0. The van der Waals surface area contributed by atoms with Gasteiger partial charge in [0.15, 0.2) is 5.78 Å². The van der Waals surface area contributed by atoms with Crippen LogP contribution in [-0.2, 0) is 4.79 Å². The number of anilines is 3. The van der Waals surface area contributed by atoms with Gasteiger partial charge >= 0.3 is 0 Å². The molecule has 1 amide bonds. The van der Waals surface area contributed by atoms with Crippen LogP contribution in [0.15, 0.2) is 84.1 Å². The van der Waals surface area contributed by atoms with Gasteiger partial charge in [-0.2, -0.15) is 0 Å². The first-order valence-electron chi connectivity index (χ1n) is 13.7. The van der Waals surface area contributed by atoms with Gasteiger partial charge in [0.05, 0.1) is 24.5 Å². The Kier molecular flexibility index (Phi) is 7.21. The van der Waals surface area contributed by atoms with E-state index in [4.69, 9.17) is 4.74 Å². The monoisotopic (exact) mass is 523 g/mol. The SMILES string of the molecule is CCN(CC)c1ccc([C@H]2C3=C(CC(C)(C)CC3=O)Nc3ccccc3N2C(=O)c2ccc(OC)cc2)cc1. The van der Waals surface area contributed by atoms with Crippen molar-refractivity contribution in [1.29, 1.82) is 0 Å². The molecule has 0 bridgehead atoms. The number of carbonyl (C=O) groups is 2. The maximum absolute atomic E-state index is 14.4. The molecule has 0 fully saturated rings. The Morgan fingerprint density at radius 1 is 0.974 bits per heavy atom. The predicted molar refractivity (Wildman–Crippen MR) is 158 cm³/mol. The Hall–Kier alpha value is -4.06. The van der Waals surface area contributed by atoms with E-state index in [1.807, 2.05) is 24.3 Å². The third-order valence-corrected chi connectivity index (χ3v) is 7.79. The second-order valence-corrected chi connectivity index (χ2v) is 11.0. The second kappa shape index (κ2) is 10.6. The number of ether oxygens (including phenoxy) is 1. The molecule has 6 heteroatoms. The summed E-state index contributed by atoms with van der Waals surface area (Å²) in [7, 11) is 1.61. The van der Waals surface area contributed by atoms with E-state index in [1.54, 1.807) is 36.3 Å². The third-order valence-electron chi connectivity index (χ3n) is 7.79. The molecule has 39 heavy (non-hydrogen) atoms. The van der Waals surface area contributed by atoms with E-state index in [0.717, 1.165) is 47.8 Å². The maximum Gasteiger partial charge on any atom is 0.259 e. The Morgan fingerprint density at radius 3 is 2.28 bits per heavy atom. The fraction of sp³-hybridized carbons (Fsp3) is 0.333. The molecule has 1 N–H and O–H groups in total. The molecule has 1 aliphatic carbocycles. The van der Waals surface area contributed by atoms with Crippen molar-refractivity contribution in [2.75, 3.05) is 35.3 Å². The highest BCUT2D eigenvalue weighted by atomic mass is 16.5. The summed E-state index contributed by atoms with van der Waals surface area (Å²) in [5.74, 6) is 0.589. The summed E-state index contributed by atoms with van der Waals surface area (Å²) >= 11 is 0. The lowest BCUT2D eigenvalue weighted by Gasteiger charge is -2.37. The molecule has 0 spiro atoms. The molecule has 0 radical (unpaired) electrons. The lowest BCUT2D eigenvalue weighted by molar-refractivity contribution is -0.118. The average Bonchev–Trinajstić information content (AvgIpc) is 3.07. The number of rotatable bonds is 6. The van der Waals surface area contributed by atoms with Gasteiger partial charge in [-0.15, -0.1) is 0 Å². The van der Waals surface area contributed by atoms with E-state index < -0.39 is 6.04 Å². The lowest BCUT2D eigenvalue weighted by Crippen LogP contribution is -2.39. The molecule has 3 aromatic rings. The minimum atomic E-state index is -0.569. The summed E-state index contributed by atoms with van der Waals surface area (Å²) < 4.78 is 5.32. The van der Waals surface area contributed by atoms with Crippen LogP contribution in [0.3, 0.4) is 0 Å². The number of fused-ring (bicyclic) bond motifs is 1. The van der Waals surface area contributed by atoms with Gasteiger partial charge in [-0.1, -0.05) is 38.1 Å². The minimum Gasteiger partial charge on any atom is -0.497 e. The van der Waals surface area contributed by atoms with Crippen molar-refractivity contribution < 1.29 is 14.3 Å². The van der Waals surface area contributed by atoms with Gasteiger partial charge in [0, 0.05) is 42.0 Å². The van der Waals surface area contributed by atoms with Crippen LogP contribution in [0.5, 0.6) is 5.75 Å². The number of allylic oxidation sites excluding steroid dienone is 1. The van der Waals surface area contributed by atoms with Gasteiger partial charge in [0.25, 0.3) is 5.91 Å². The maximum atomic E-state index is 14.4. The summed E-state index contributed by atoms with van der Waals surface area (Å²) in [6, 6.07) is 22.7. The number of carbonyl (C=O) groups excluding carboxylic acids is 2. The number of para-hydroxylation sites is 2. The number of ketones is 1. The van der Waals surface area contributed by atoms with Gasteiger partial charge < -0.3 is 15.0 Å². The summed E-state index contributed by atoms with van der Waals surface area (Å²) in [4.78, 5) is 32.4. The predicted octanol–water partition coefficient (Wildman–Crippen LogP) is 7.00. The summed E-state index contributed by atoms with van der Waals surface area (Å²) in [5.41, 5.74) is 5.51. The highest BCUT2D eigenvalue weighted by molar-refractivity contribution is 6.12. The van der Waals surface area contributed by atoms with Crippen molar-refractivity contribution >= 4 is 28.8 Å². The molecule has 1 atom stereocenters. The van der Waals surface area contributed by atoms with Gasteiger partial charge in [0.2, 0.25) is 0 Å². The fourth-order valence-electron chi connectivity index (χ4n) is 5.85. The van der Waals surface area contributed by atoms with Crippen LogP contribution in [0.2, 0.25) is 0 Å². The van der Waals surface area contributed by atoms with Crippen LogP contribution in [0.1, 0.15) is 62.5 Å². The first-order valence-corrected chi connectivity index (χ1v) is 13.7. The molecular weight excluding hydrogens is 486 g/mol. The molecule has 0 aromatic heterocycles. The Labute approximate surface area is 231 Å². The number of hydrogen-bond acceptors (Lipinski definition) is 5. The molecular formula is C33H37N3O3. The van der Waals surface area contributed by atoms with Crippen LogP contribution in [0.25, 0.3) is 0 Å². The normalized spacial score (nSPS) is 18.0. The first-order chi connectivity index (χ1) is 18.8. The Morgan fingerprint density at radius 2 is 1.64 bits per heavy atom. The Balaban J connectivity index is 1.72. The molecule has 0 saturated heterocycles. The summed E-state index contributed by atoms with van der Waals surface area (Å²) in [6.45, 7) is 10.3. The highest BCUT2D eigenvalue weighted by Crippen LogP contribution is 2.48. The van der Waals surface area contributed by atoms with Gasteiger partial charge in [-0.25, -0.2) is 0 Å². The number of methoxy groups -OCH3 is 1. The van der Waals surface area contributed by atoms with Gasteiger partial charge in [-0.3, -0.25) is 14.5 Å².